The van der Waals surface area contributed by atoms with Gasteiger partial charge in [0, 0.05) is 57.6 Å². The Morgan fingerprint density at radius 1 is 1.09 bits per heavy atom. The molecule has 0 bridgehead atoms. The van der Waals surface area contributed by atoms with Crippen LogP contribution in [-0.4, -0.2) is 72.3 Å². The second kappa shape index (κ2) is 10.1. The third-order valence-electron chi connectivity index (χ3n) is 5.66. The van der Waals surface area contributed by atoms with E-state index in [0.29, 0.717) is 31.9 Å². The minimum atomic E-state index is -3.83. The van der Waals surface area contributed by atoms with Crippen LogP contribution < -0.4 is 10.5 Å². The summed E-state index contributed by atoms with van der Waals surface area (Å²) in [5.41, 5.74) is -0.247. The SMILES string of the molecule is CCN(CC)S(=O)(=O)c1ccc(N2CCN(C(=O)Cn3ccccc3=O)CC2)c([N+](=O)[O-])c1. The Morgan fingerprint density at radius 3 is 2.33 bits per heavy atom. The summed E-state index contributed by atoms with van der Waals surface area (Å²) in [7, 11) is -3.83. The van der Waals surface area contributed by atoms with E-state index in [1.807, 2.05) is 0 Å². The number of aromatic nitrogens is 1. The number of nitro benzene ring substituents is 1. The average molecular weight is 478 g/mol. The molecule has 1 aliphatic rings. The van der Waals surface area contributed by atoms with Gasteiger partial charge in [-0.3, -0.25) is 19.7 Å². The lowest BCUT2D eigenvalue weighted by Gasteiger charge is -2.36. The largest absolute Gasteiger partial charge is 0.362 e. The highest BCUT2D eigenvalue weighted by atomic mass is 32.2. The van der Waals surface area contributed by atoms with E-state index in [4.69, 9.17) is 0 Å². The van der Waals surface area contributed by atoms with Crippen LogP contribution in [0.5, 0.6) is 0 Å². The summed E-state index contributed by atoms with van der Waals surface area (Å²) < 4.78 is 28.1. The quantitative estimate of drug-likeness (QED) is 0.412. The van der Waals surface area contributed by atoms with Gasteiger partial charge in [0.05, 0.1) is 9.82 Å². The Hall–Kier alpha value is -3.25. The van der Waals surface area contributed by atoms with Gasteiger partial charge < -0.3 is 14.4 Å². The fraction of sp³-hybridized carbons (Fsp3) is 0.429. The van der Waals surface area contributed by atoms with E-state index < -0.39 is 14.9 Å². The van der Waals surface area contributed by atoms with Crippen LogP contribution >= 0.6 is 0 Å². The van der Waals surface area contributed by atoms with Crippen molar-refractivity contribution >= 4 is 27.3 Å². The van der Waals surface area contributed by atoms with E-state index in [0.717, 1.165) is 6.07 Å². The number of nitrogens with zero attached hydrogens (tertiary/aromatic N) is 5. The molecule has 1 aromatic heterocycles. The average Bonchev–Trinajstić information content (AvgIpc) is 2.80. The molecule has 1 aromatic carbocycles. The number of hydrogen-bond acceptors (Lipinski definition) is 7. The molecule has 33 heavy (non-hydrogen) atoms. The Bertz CT molecular complexity index is 1180. The molecule has 178 valence electrons. The van der Waals surface area contributed by atoms with Crippen molar-refractivity contribution < 1.29 is 18.1 Å². The van der Waals surface area contributed by atoms with Crippen molar-refractivity contribution in [1.29, 1.82) is 0 Å². The van der Waals surface area contributed by atoms with Crippen molar-refractivity contribution in [1.82, 2.24) is 13.8 Å². The Labute approximate surface area is 192 Å². The summed E-state index contributed by atoms with van der Waals surface area (Å²) in [5.74, 6) is -0.210. The van der Waals surface area contributed by atoms with E-state index in [1.54, 1.807) is 42.0 Å². The van der Waals surface area contributed by atoms with Crippen LogP contribution in [0.3, 0.4) is 0 Å². The van der Waals surface area contributed by atoms with E-state index in [-0.39, 0.29) is 41.7 Å². The van der Waals surface area contributed by atoms with Gasteiger partial charge in [-0.2, -0.15) is 4.31 Å². The van der Waals surface area contributed by atoms with E-state index >= 15 is 0 Å². The maximum absolute atomic E-state index is 12.8. The maximum atomic E-state index is 12.8. The van der Waals surface area contributed by atoms with E-state index in [2.05, 4.69) is 0 Å². The van der Waals surface area contributed by atoms with Gasteiger partial charge in [0.1, 0.15) is 12.2 Å². The van der Waals surface area contributed by atoms with Gasteiger partial charge in [-0.05, 0) is 18.2 Å². The van der Waals surface area contributed by atoms with Crippen molar-refractivity contribution in [3.8, 4) is 0 Å². The first-order valence-electron chi connectivity index (χ1n) is 10.7. The Morgan fingerprint density at radius 2 is 1.76 bits per heavy atom. The number of hydrogen-bond donors (Lipinski definition) is 0. The number of sulfonamides is 1. The molecule has 1 amide bonds. The molecule has 1 fully saturated rings. The monoisotopic (exact) mass is 477 g/mol. The fourth-order valence-corrected chi connectivity index (χ4v) is 5.30. The zero-order valence-electron chi connectivity index (χ0n) is 18.6. The van der Waals surface area contributed by atoms with Crippen LogP contribution in [0.15, 0.2) is 52.3 Å². The third kappa shape index (κ3) is 5.22. The van der Waals surface area contributed by atoms with Crippen LogP contribution in [0.1, 0.15) is 13.8 Å². The summed E-state index contributed by atoms with van der Waals surface area (Å²) in [6, 6.07) is 8.60. The smallest absolute Gasteiger partial charge is 0.293 e. The molecule has 2 aromatic rings. The molecule has 0 spiro atoms. The van der Waals surface area contributed by atoms with Crippen molar-refractivity contribution in [3.05, 3.63) is 63.1 Å². The lowest BCUT2D eigenvalue weighted by molar-refractivity contribution is -0.384. The number of carbonyl (C=O) groups is 1. The second-order valence-electron chi connectivity index (χ2n) is 7.53. The molecule has 3 rings (SSSR count). The normalized spacial score (nSPS) is 14.5. The number of amides is 1. The number of nitro groups is 1. The van der Waals surface area contributed by atoms with Gasteiger partial charge in [-0.15, -0.1) is 0 Å². The molecule has 0 radical (unpaired) electrons. The molecule has 0 saturated carbocycles. The number of carbonyl (C=O) groups excluding carboxylic acids is 1. The molecule has 1 aliphatic heterocycles. The molecule has 1 saturated heterocycles. The minimum absolute atomic E-state index is 0.0717. The maximum Gasteiger partial charge on any atom is 0.293 e. The van der Waals surface area contributed by atoms with Gasteiger partial charge in [-0.25, -0.2) is 8.42 Å². The van der Waals surface area contributed by atoms with Gasteiger partial charge in [0.15, 0.2) is 0 Å². The highest BCUT2D eigenvalue weighted by Gasteiger charge is 2.29. The molecule has 0 unspecified atom stereocenters. The summed E-state index contributed by atoms with van der Waals surface area (Å²) in [6.07, 6.45) is 1.55. The van der Waals surface area contributed by atoms with Gasteiger partial charge in [0.2, 0.25) is 15.9 Å². The second-order valence-corrected chi connectivity index (χ2v) is 9.47. The molecular weight excluding hydrogens is 450 g/mol. The number of rotatable bonds is 8. The standard InChI is InChI=1S/C21H27N5O6S/c1-3-25(4-2)33(31,32)17-8-9-18(19(15-17)26(29)30)22-11-13-23(14-12-22)21(28)16-24-10-6-5-7-20(24)27/h5-10,15H,3-4,11-14,16H2,1-2H3. The van der Waals surface area contributed by atoms with E-state index in [1.165, 1.54) is 27.1 Å². The lowest BCUT2D eigenvalue weighted by Crippen LogP contribution is -2.50. The van der Waals surface area contributed by atoms with Crippen LogP contribution in [0.4, 0.5) is 11.4 Å². The van der Waals surface area contributed by atoms with E-state index in [9.17, 15) is 28.1 Å². The lowest BCUT2D eigenvalue weighted by atomic mass is 10.2. The van der Waals surface area contributed by atoms with Crippen molar-refractivity contribution in [2.24, 2.45) is 0 Å². The highest BCUT2D eigenvalue weighted by molar-refractivity contribution is 7.89. The minimum Gasteiger partial charge on any atom is -0.362 e. The van der Waals surface area contributed by atoms with Crippen LogP contribution in [0.25, 0.3) is 0 Å². The van der Waals surface area contributed by atoms with Crippen molar-refractivity contribution in [2.45, 2.75) is 25.3 Å². The molecular formula is C21H27N5O6S. The number of anilines is 1. The first kappa shape index (κ1) is 24.4. The Kier molecular flexibility index (Phi) is 7.49. The molecule has 0 aliphatic carbocycles. The highest BCUT2D eigenvalue weighted by Crippen LogP contribution is 2.32. The zero-order chi connectivity index (χ0) is 24.2. The van der Waals surface area contributed by atoms with Crippen molar-refractivity contribution in [2.75, 3.05) is 44.2 Å². The van der Waals surface area contributed by atoms with Gasteiger partial charge >= 0.3 is 0 Å². The van der Waals surface area contributed by atoms with Crippen LogP contribution in [0.2, 0.25) is 0 Å². The molecule has 11 nitrogen and oxygen atoms in total. The zero-order valence-corrected chi connectivity index (χ0v) is 19.4. The summed E-state index contributed by atoms with van der Waals surface area (Å²) >= 11 is 0. The first-order chi connectivity index (χ1) is 15.7. The third-order valence-corrected chi connectivity index (χ3v) is 7.71. The summed E-state index contributed by atoms with van der Waals surface area (Å²) in [5, 5.41) is 11.7. The van der Waals surface area contributed by atoms with Gasteiger partial charge in [0.25, 0.3) is 11.2 Å². The summed E-state index contributed by atoms with van der Waals surface area (Å²) in [6.45, 7) is 5.22. The molecule has 2 heterocycles. The number of benzene rings is 1. The summed E-state index contributed by atoms with van der Waals surface area (Å²) in [4.78, 5) is 38.8. The van der Waals surface area contributed by atoms with Gasteiger partial charge in [-0.1, -0.05) is 19.9 Å². The first-order valence-corrected chi connectivity index (χ1v) is 12.1. The Balaban J connectivity index is 1.75. The number of piperazine rings is 1. The van der Waals surface area contributed by atoms with Crippen LogP contribution in [-0.2, 0) is 21.4 Å². The molecule has 0 N–H and O–H groups in total. The van der Waals surface area contributed by atoms with Crippen molar-refractivity contribution in [3.63, 3.8) is 0 Å². The van der Waals surface area contributed by atoms with Crippen LogP contribution in [0, 0.1) is 10.1 Å². The topological polar surface area (TPSA) is 126 Å². The fourth-order valence-electron chi connectivity index (χ4n) is 3.82. The molecule has 12 heteroatoms. The predicted molar refractivity (Wildman–Crippen MR) is 123 cm³/mol. The number of pyridine rings is 1. The predicted octanol–water partition coefficient (Wildman–Crippen LogP) is 1.14. The molecule has 0 atom stereocenters.